The number of amides is 1. The van der Waals surface area contributed by atoms with Crippen LogP contribution in [-0.2, 0) is 9.59 Å². The molecule has 5 nitrogen and oxygen atoms in total. The lowest BCUT2D eigenvalue weighted by Crippen LogP contribution is -2.52. The van der Waals surface area contributed by atoms with Gasteiger partial charge >= 0.3 is 0 Å². The van der Waals surface area contributed by atoms with E-state index in [-0.39, 0.29) is 17.6 Å². The van der Waals surface area contributed by atoms with Gasteiger partial charge < -0.3 is 16.8 Å². The summed E-state index contributed by atoms with van der Waals surface area (Å²) in [6, 6.07) is -1.06. The van der Waals surface area contributed by atoms with Crippen molar-refractivity contribution < 1.29 is 9.59 Å². The van der Waals surface area contributed by atoms with Gasteiger partial charge in [0.05, 0.1) is 12.1 Å². The lowest BCUT2D eigenvalue weighted by atomic mass is 9.84. The molecule has 20 heavy (non-hydrogen) atoms. The maximum Gasteiger partial charge on any atom is 0.237 e. The number of hydrogen-bond donors (Lipinski definition) is 3. The molecule has 0 heterocycles. The van der Waals surface area contributed by atoms with Gasteiger partial charge in [0.2, 0.25) is 5.91 Å². The molecule has 2 atom stereocenters. The first-order valence-corrected chi connectivity index (χ1v) is 7.41. The van der Waals surface area contributed by atoms with Crippen LogP contribution in [0, 0.1) is 11.3 Å². The van der Waals surface area contributed by atoms with Gasteiger partial charge in [0.15, 0.2) is 5.78 Å². The van der Waals surface area contributed by atoms with Crippen LogP contribution in [0.3, 0.4) is 0 Å². The normalized spacial score (nSPS) is 15.0. The third kappa shape index (κ3) is 6.48. The second kappa shape index (κ2) is 8.37. The lowest BCUT2D eigenvalue weighted by molar-refractivity contribution is -0.133. The summed E-state index contributed by atoms with van der Waals surface area (Å²) in [5.41, 5.74) is 10.8. The third-order valence-electron chi connectivity index (χ3n) is 3.34. The summed E-state index contributed by atoms with van der Waals surface area (Å²) in [4.78, 5) is 24.4. The maximum atomic E-state index is 12.4. The minimum absolute atomic E-state index is 0.0406. The molecule has 5 heteroatoms. The molecule has 0 aromatic heterocycles. The Morgan fingerprint density at radius 2 is 1.70 bits per heavy atom. The first-order chi connectivity index (χ1) is 9.11. The summed E-state index contributed by atoms with van der Waals surface area (Å²) in [5, 5.41) is 2.81. The van der Waals surface area contributed by atoms with Crippen molar-refractivity contribution in [3.63, 3.8) is 0 Å². The summed E-state index contributed by atoms with van der Waals surface area (Å²) in [7, 11) is 0. The monoisotopic (exact) mass is 285 g/mol. The number of carbonyl (C=O) groups excluding carboxylic acids is 2. The van der Waals surface area contributed by atoms with E-state index in [9.17, 15) is 9.59 Å². The molecule has 0 aromatic carbocycles. The number of nitrogens with one attached hydrogen (secondary N) is 1. The van der Waals surface area contributed by atoms with Crippen LogP contribution in [0.1, 0.15) is 53.9 Å². The number of carbonyl (C=O) groups is 2. The molecule has 0 spiro atoms. The molecule has 0 aliphatic heterocycles. The number of nitrogens with two attached hydrogens (primary N) is 2. The van der Waals surface area contributed by atoms with Gasteiger partial charge in [-0.1, -0.05) is 34.6 Å². The number of hydrogen-bond acceptors (Lipinski definition) is 4. The Labute approximate surface area is 122 Å². The first-order valence-electron chi connectivity index (χ1n) is 7.41. The zero-order chi connectivity index (χ0) is 15.9. The van der Waals surface area contributed by atoms with Crippen LogP contribution in [0.25, 0.3) is 0 Å². The molecule has 0 bridgehead atoms. The minimum Gasteiger partial charge on any atom is -0.345 e. The van der Waals surface area contributed by atoms with Crippen LogP contribution in [-0.4, -0.2) is 30.3 Å². The van der Waals surface area contributed by atoms with Gasteiger partial charge in [0.1, 0.15) is 0 Å². The average molecular weight is 285 g/mol. The molecule has 118 valence electrons. The Hall–Kier alpha value is -0.940. The van der Waals surface area contributed by atoms with E-state index in [2.05, 4.69) is 5.32 Å². The van der Waals surface area contributed by atoms with Gasteiger partial charge in [-0.15, -0.1) is 0 Å². The fraction of sp³-hybridized carbons (Fsp3) is 0.867. The predicted molar refractivity (Wildman–Crippen MR) is 82.1 cm³/mol. The van der Waals surface area contributed by atoms with E-state index < -0.39 is 17.5 Å². The van der Waals surface area contributed by atoms with Crippen LogP contribution < -0.4 is 16.8 Å². The highest BCUT2D eigenvalue weighted by molar-refractivity contribution is 5.93. The van der Waals surface area contributed by atoms with E-state index in [4.69, 9.17) is 11.5 Å². The van der Waals surface area contributed by atoms with Crippen LogP contribution in [0.4, 0.5) is 0 Å². The lowest BCUT2D eigenvalue weighted by Gasteiger charge is -2.27. The van der Waals surface area contributed by atoms with Gasteiger partial charge in [-0.3, -0.25) is 9.59 Å². The van der Waals surface area contributed by atoms with E-state index in [0.717, 1.165) is 12.8 Å². The number of unbranched alkanes of at least 4 members (excludes halogenated alkanes) is 1. The molecule has 0 aliphatic carbocycles. The van der Waals surface area contributed by atoms with E-state index in [1.807, 2.05) is 34.6 Å². The van der Waals surface area contributed by atoms with Gasteiger partial charge in [-0.25, -0.2) is 0 Å². The van der Waals surface area contributed by atoms with Crippen LogP contribution in [0.2, 0.25) is 0 Å². The molecule has 0 fully saturated rings. The molecule has 0 saturated carbocycles. The van der Waals surface area contributed by atoms with Crippen LogP contribution in [0.5, 0.6) is 0 Å². The maximum absolute atomic E-state index is 12.4. The van der Waals surface area contributed by atoms with Crippen molar-refractivity contribution in [2.24, 2.45) is 22.8 Å². The summed E-state index contributed by atoms with van der Waals surface area (Å²) < 4.78 is 0. The largest absolute Gasteiger partial charge is 0.345 e. The van der Waals surface area contributed by atoms with Gasteiger partial charge in [-0.05, 0) is 31.7 Å². The Morgan fingerprint density at radius 3 is 2.10 bits per heavy atom. The smallest absolute Gasteiger partial charge is 0.237 e. The molecule has 1 amide bonds. The molecule has 5 N–H and O–H groups in total. The van der Waals surface area contributed by atoms with Crippen molar-refractivity contribution in [2.45, 2.75) is 66.0 Å². The van der Waals surface area contributed by atoms with E-state index >= 15 is 0 Å². The van der Waals surface area contributed by atoms with Crippen molar-refractivity contribution in [1.29, 1.82) is 0 Å². The van der Waals surface area contributed by atoms with Gasteiger partial charge in [0, 0.05) is 5.41 Å². The Bertz CT molecular complexity index is 322. The fourth-order valence-corrected chi connectivity index (χ4v) is 1.85. The van der Waals surface area contributed by atoms with E-state index in [1.54, 1.807) is 0 Å². The van der Waals surface area contributed by atoms with Crippen molar-refractivity contribution in [1.82, 2.24) is 5.32 Å². The van der Waals surface area contributed by atoms with Crippen molar-refractivity contribution in [3.05, 3.63) is 0 Å². The number of rotatable bonds is 8. The summed E-state index contributed by atoms with van der Waals surface area (Å²) in [6.45, 7) is 9.95. The van der Waals surface area contributed by atoms with E-state index in [0.29, 0.717) is 13.0 Å². The molecular weight excluding hydrogens is 254 g/mol. The van der Waals surface area contributed by atoms with Crippen LogP contribution >= 0.6 is 0 Å². The zero-order valence-electron chi connectivity index (χ0n) is 13.5. The number of ketones is 1. The molecule has 0 radical (unpaired) electrons. The quantitative estimate of drug-likeness (QED) is 0.584. The Morgan fingerprint density at radius 1 is 1.15 bits per heavy atom. The topological polar surface area (TPSA) is 98.2 Å². The Kier molecular flexibility index (Phi) is 7.98. The van der Waals surface area contributed by atoms with Crippen molar-refractivity contribution >= 4 is 11.7 Å². The minimum atomic E-state index is -0.584. The predicted octanol–water partition coefficient (Wildman–Crippen LogP) is 1.20. The summed E-state index contributed by atoms with van der Waals surface area (Å²) >= 11 is 0. The highest BCUT2D eigenvalue weighted by Gasteiger charge is 2.31. The standard InChI is InChI=1S/C15H31N3O2/c1-10(2)12(17)14(20)18-11(8-6-7-9-16)13(19)15(3,4)5/h10-12H,6-9,16-17H2,1-5H3,(H,18,20). The van der Waals surface area contributed by atoms with Crippen molar-refractivity contribution in [2.75, 3.05) is 6.54 Å². The van der Waals surface area contributed by atoms with Crippen LogP contribution in [0.15, 0.2) is 0 Å². The molecular formula is C15H31N3O2. The molecule has 0 rings (SSSR count). The summed E-state index contributed by atoms with van der Waals surface area (Å²) in [6.07, 6.45) is 2.28. The molecule has 2 unspecified atom stereocenters. The Balaban J connectivity index is 4.77. The molecule has 0 aromatic rings. The number of Topliss-reactive ketones (excluding diaryl/α,β-unsaturated/α-hetero) is 1. The van der Waals surface area contributed by atoms with Crippen molar-refractivity contribution in [3.8, 4) is 0 Å². The zero-order valence-corrected chi connectivity index (χ0v) is 13.5. The second-order valence-corrected chi connectivity index (χ2v) is 6.73. The first kappa shape index (κ1) is 19.1. The highest BCUT2D eigenvalue weighted by atomic mass is 16.2. The molecule has 0 aliphatic rings. The SMILES string of the molecule is CC(C)C(N)C(=O)NC(CCCCN)C(=O)C(C)(C)C. The highest BCUT2D eigenvalue weighted by Crippen LogP contribution is 2.19. The molecule has 0 saturated heterocycles. The second-order valence-electron chi connectivity index (χ2n) is 6.73. The fourth-order valence-electron chi connectivity index (χ4n) is 1.85. The average Bonchev–Trinajstić information content (AvgIpc) is 2.34. The van der Waals surface area contributed by atoms with E-state index in [1.165, 1.54) is 0 Å². The third-order valence-corrected chi connectivity index (χ3v) is 3.34. The summed E-state index contributed by atoms with van der Waals surface area (Å²) in [5.74, 6) is -0.168. The van der Waals surface area contributed by atoms with Gasteiger partial charge in [0.25, 0.3) is 0 Å². The van der Waals surface area contributed by atoms with Gasteiger partial charge in [-0.2, -0.15) is 0 Å².